The van der Waals surface area contributed by atoms with E-state index in [9.17, 15) is 4.79 Å². The van der Waals surface area contributed by atoms with Gasteiger partial charge in [0.1, 0.15) is 5.60 Å². The molecule has 0 fully saturated rings. The second-order valence-corrected chi connectivity index (χ2v) is 5.93. The number of ether oxygens (including phenoxy) is 1. The molecule has 0 aliphatic carbocycles. The van der Waals surface area contributed by atoms with Gasteiger partial charge in [-0.1, -0.05) is 20.8 Å². The average Bonchev–Trinajstić information content (AvgIpc) is 2.31. The summed E-state index contributed by atoms with van der Waals surface area (Å²) >= 11 is 0. The summed E-state index contributed by atoms with van der Waals surface area (Å²) in [5.74, 6) is 0. The summed E-state index contributed by atoms with van der Waals surface area (Å²) in [6, 6.07) is 0.544. The Morgan fingerprint density at radius 3 is 2.16 bits per heavy atom. The molecule has 0 heterocycles. The van der Waals surface area contributed by atoms with E-state index in [1.165, 1.54) is 0 Å². The SMILES string of the molecule is CCCN(CCNC(CC)CC)C(=O)OC(C)(C)C. The number of rotatable bonds is 8. The molecule has 0 saturated carbocycles. The number of carbonyl (C=O) groups excluding carboxylic acids is 1. The Bertz CT molecular complexity index is 245. The largest absolute Gasteiger partial charge is 0.444 e. The smallest absolute Gasteiger partial charge is 0.410 e. The maximum Gasteiger partial charge on any atom is 0.410 e. The van der Waals surface area contributed by atoms with E-state index < -0.39 is 5.60 Å². The van der Waals surface area contributed by atoms with Gasteiger partial charge in [-0.3, -0.25) is 0 Å². The van der Waals surface area contributed by atoms with Crippen molar-refractivity contribution in [3.05, 3.63) is 0 Å². The quantitative estimate of drug-likeness (QED) is 0.736. The minimum Gasteiger partial charge on any atom is -0.444 e. The summed E-state index contributed by atoms with van der Waals surface area (Å²) in [5, 5.41) is 3.48. The third kappa shape index (κ3) is 8.87. The lowest BCUT2D eigenvalue weighted by molar-refractivity contribution is 0.0250. The molecule has 0 saturated heterocycles. The van der Waals surface area contributed by atoms with Crippen molar-refractivity contribution in [1.29, 1.82) is 0 Å². The number of amides is 1. The highest BCUT2D eigenvalue weighted by atomic mass is 16.6. The molecule has 0 radical (unpaired) electrons. The molecule has 0 spiro atoms. The molecule has 0 atom stereocenters. The van der Waals surface area contributed by atoms with Crippen LogP contribution in [0.15, 0.2) is 0 Å². The second kappa shape index (κ2) is 9.18. The molecule has 0 aromatic rings. The molecule has 4 heteroatoms. The van der Waals surface area contributed by atoms with Gasteiger partial charge < -0.3 is 15.0 Å². The van der Waals surface area contributed by atoms with Crippen molar-refractivity contribution >= 4 is 6.09 Å². The molecule has 0 unspecified atom stereocenters. The van der Waals surface area contributed by atoms with Crippen LogP contribution in [-0.4, -0.2) is 42.3 Å². The van der Waals surface area contributed by atoms with Crippen LogP contribution < -0.4 is 5.32 Å². The van der Waals surface area contributed by atoms with E-state index in [1.807, 2.05) is 20.8 Å². The molecule has 0 aromatic carbocycles. The molecule has 0 rings (SSSR count). The first-order valence-electron chi connectivity index (χ1n) is 7.55. The van der Waals surface area contributed by atoms with Gasteiger partial charge in [-0.05, 0) is 40.0 Å². The number of nitrogens with one attached hydrogen (secondary N) is 1. The van der Waals surface area contributed by atoms with Crippen LogP contribution in [0.5, 0.6) is 0 Å². The topological polar surface area (TPSA) is 41.6 Å². The normalized spacial score (nSPS) is 11.7. The summed E-state index contributed by atoms with van der Waals surface area (Å²) in [6.07, 6.45) is 2.98. The van der Waals surface area contributed by atoms with Crippen LogP contribution >= 0.6 is 0 Å². The number of nitrogens with zero attached hydrogens (tertiary/aromatic N) is 1. The summed E-state index contributed by atoms with van der Waals surface area (Å²) < 4.78 is 5.42. The first kappa shape index (κ1) is 18.2. The summed E-state index contributed by atoms with van der Waals surface area (Å²) in [4.78, 5) is 13.8. The van der Waals surface area contributed by atoms with Crippen LogP contribution in [0.3, 0.4) is 0 Å². The predicted molar refractivity (Wildman–Crippen MR) is 80.5 cm³/mol. The Balaban J connectivity index is 4.21. The van der Waals surface area contributed by atoms with Gasteiger partial charge in [-0.2, -0.15) is 0 Å². The molecule has 19 heavy (non-hydrogen) atoms. The van der Waals surface area contributed by atoms with E-state index in [0.29, 0.717) is 12.6 Å². The lowest BCUT2D eigenvalue weighted by atomic mass is 10.2. The van der Waals surface area contributed by atoms with Gasteiger partial charge in [0.25, 0.3) is 0 Å². The van der Waals surface area contributed by atoms with Crippen LogP contribution in [0.2, 0.25) is 0 Å². The zero-order chi connectivity index (χ0) is 14.9. The molecule has 0 aliphatic rings. The Hall–Kier alpha value is -0.770. The van der Waals surface area contributed by atoms with E-state index >= 15 is 0 Å². The first-order valence-corrected chi connectivity index (χ1v) is 7.55. The lowest BCUT2D eigenvalue weighted by Crippen LogP contribution is -2.42. The molecule has 4 nitrogen and oxygen atoms in total. The Morgan fingerprint density at radius 2 is 1.74 bits per heavy atom. The Morgan fingerprint density at radius 1 is 1.16 bits per heavy atom. The third-order valence-electron chi connectivity index (χ3n) is 2.95. The maximum atomic E-state index is 12.0. The zero-order valence-electron chi connectivity index (χ0n) is 13.6. The molecule has 1 N–H and O–H groups in total. The first-order chi connectivity index (χ1) is 8.84. The molecular formula is C15H32N2O2. The fraction of sp³-hybridized carbons (Fsp3) is 0.933. The van der Waals surface area contributed by atoms with E-state index in [-0.39, 0.29) is 6.09 Å². The summed E-state index contributed by atoms with van der Waals surface area (Å²) in [5.41, 5.74) is -0.425. The number of hydrogen-bond donors (Lipinski definition) is 1. The summed E-state index contributed by atoms with van der Waals surface area (Å²) in [6.45, 7) is 14.4. The third-order valence-corrected chi connectivity index (χ3v) is 2.95. The molecule has 114 valence electrons. The molecule has 0 aliphatic heterocycles. The van der Waals surface area contributed by atoms with Gasteiger partial charge >= 0.3 is 6.09 Å². The highest BCUT2D eigenvalue weighted by Gasteiger charge is 2.21. The van der Waals surface area contributed by atoms with Crippen molar-refractivity contribution in [2.24, 2.45) is 0 Å². The van der Waals surface area contributed by atoms with Gasteiger partial charge in [0, 0.05) is 25.7 Å². The van der Waals surface area contributed by atoms with E-state index in [4.69, 9.17) is 4.74 Å². The predicted octanol–water partition coefficient (Wildman–Crippen LogP) is 3.41. The van der Waals surface area contributed by atoms with Crippen molar-refractivity contribution in [1.82, 2.24) is 10.2 Å². The van der Waals surface area contributed by atoms with Crippen molar-refractivity contribution in [2.75, 3.05) is 19.6 Å². The van der Waals surface area contributed by atoms with Gasteiger partial charge in [-0.15, -0.1) is 0 Å². The number of carbonyl (C=O) groups is 1. The minimum atomic E-state index is -0.425. The maximum absolute atomic E-state index is 12.0. The van der Waals surface area contributed by atoms with Crippen molar-refractivity contribution in [2.45, 2.75) is 72.4 Å². The Labute approximate surface area is 118 Å². The molecular weight excluding hydrogens is 240 g/mol. The monoisotopic (exact) mass is 272 g/mol. The number of hydrogen-bond acceptors (Lipinski definition) is 3. The average molecular weight is 272 g/mol. The minimum absolute atomic E-state index is 0.208. The van der Waals surface area contributed by atoms with Gasteiger partial charge in [0.2, 0.25) is 0 Å². The molecule has 0 aromatic heterocycles. The van der Waals surface area contributed by atoms with Crippen LogP contribution in [0, 0.1) is 0 Å². The van der Waals surface area contributed by atoms with E-state index in [1.54, 1.807) is 4.90 Å². The van der Waals surface area contributed by atoms with E-state index in [0.717, 1.165) is 32.4 Å². The zero-order valence-corrected chi connectivity index (χ0v) is 13.6. The van der Waals surface area contributed by atoms with Gasteiger partial charge in [0.15, 0.2) is 0 Å². The van der Waals surface area contributed by atoms with Crippen molar-refractivity contribution < 1.29 is 9.53 Å². The second-order valence-electron chi connectivity index (χ2n) is 5.93. The Kier molecular flexibility index (Phi) is 8.81. The highest BCUT2D eigenvalue weighted by molar-refractivity contribution is 5.68. The van der Waals surface area contributed by atoms with Crippen LogP contribution in [-0.2, 0) is 4.74 Å². The fourth-order valence-electron chi connectivity index (χ4n) is 1.87. The lowest BCUT2D eigenvalue weighted by Gasteiger charge is -2.28. The standard InChI is InChI=1S/C15H32N2O2/c1-7-11-17(14(18)19-15(4,5)6)12-10-16-13(8-2)9-3/h13,16H,7-12H2,1-6H3. The summed E-state index contributed by atoms with van der Waals surface area (Å²) in [7, 11) is 0. The van der Waals surface area contributed by atoms with E-state index in [2.05, 4.69) is 26.1 Å². The fourth-order valence-corrected chi connectivity index (χ4v) is 1.87. The molecule has 1 amide bonds. The van der Waals surface area contributed by atoms with Crippen molar-refractivity contribution in [3.63, 3.8) is 0 Å². The van der Waals surface area contributed by atoms with Crippen LogP contribution in [0.1, 0.15) is 60.8 Å². The molecule has 0 bridgehead atoms. The van der Waals surface area contributed by atoms with Crippen LogP contribution in [0.25, 0.3) is 0 Å². The van der Waals surface area contributed by atoms with Crippen molar-refractivity contribution in [3.8, 4) is 0 Å². The van der Waals surface area contributed by atoms with Crippen LogP contribution in [0.4, 0.5) is 4.79 Å². The van der Waals surface area contributed by atoms with Gasteiger partial charge in [-0.25, -0.2) is 4.79 Å². The highest BCUT2D eigenvalue weighted by Crippen LogP contribution is 2.10. The van der Waals surface area contributed by atoms with Gasteiger partial charge in [0.05, 0.1) is 0 Å².